The standard InChI is InChI=1S/C14H19BrO2/c1-10-4-3-5-12(8-10)17-14-7-6-11(16-2)9-13(14)15/h6-7,9-10,12H,3-5,8H2,1-2H3. The number of hydrogen-bond donors (Lipinski definition) is 0. The van der Waals surface area contributed by atoms with E-state index in [0.717, 1.165) is 21.9 Å². The van der Waals surface area contributed by atoms with Crippen molar-refractivity contribution in [2.45, 2.75) is 38.7 Å². The van der Waals surface area contributed by atoms with E-state index in [4.69, 9.17) is 9.47 Å². The molecule has 0 spiro atoms. The summed E-state index contributed by atoms with van der Waals surface area (Å²) in [5.41, 5.74) is 0. The zero-order chi connectivity index (χ0) is 12.3. The molecular formula is C14H19BrO2. The minimum Gasteiger partial charge on any atom is -0.497 e. The molecule has 1 aromatic carbocycles. The lowest BCUT2D eigenvalue weighted by atomic mass is 9.89. The van der Waals surface area contributed by atoms with Crippen molar-refractivity contribution in [3.8, 4) is 11.5 Å². The maximum absolute atomic E-state index is 6.05. The number of ether oxygens (including phenoxy) is 2. The lowest BCUT2D eigenvalue weighted by molar-refractivity contribution is 0.128. The van der Waals surface area contributed by atoms with Crippen molar-refractivity contribution in [1.82, 2.24) is 0 Å². The summed E-state index contributed by atoms with van der Waals surface area (Å²) in [7, 11) is 1.67. The van der Waals surface area contributed by atoms with Gasteiger partial charge in [-0.2, -0.15) is 0 Å². The highest BCUT2D eigenvalue weighted by Gasteiger charge is 2.20. The number of benzene rings is 1. The summed E-state index contributed by atoms with van der Waals surface area (Å²) in [6.07, 6.45) is 5.31. The van der Waals surface area contributed by atoms with Crippen molar-refractivity contribution in [3.05, 3.63) is 22.7 Å². The van der Waals surface area contributed by atoms with E-state index in [2.05, 4.69) is 22.9 Å². The third-order valence-corrected chi connectivity index (χ3v) is 3.94. The van der Waals surface area contributed by atoms with Gasteiger partial charge in [-0.05, 0) is 59.3 Å². The Balaban J connectivity index is 2.02. The third kappa shape index (κ3) is 3.38. The average Bonchev–Trinajstić information content (AvgIpc) is 2.32. The van der Waals surface area contributed by atoms with Crippen LogP contribution in [0.1, 0.15) is 32.6 Å². The Bertz CT molecular complexity index is 378. The molecule has 94 valence electrons. The molecule has 17 heavy (non-hydrogen) atoms. The number of halogens is 1. The fraction of sp³-hybridized carbons (Fsp3) is 0.571. The van der Waals surface area contributed by atoms with Gasteiger partial charge in [-0.15, -0.1) is 0 Å². The highest BCUT2D eigenvalue weighted by atomic mass is 79.9. The molecule has 0 radical (unpaired) electrons. The smallest absolute Gasteiger partial charge is 0.134 e. The van der Waals surface area contributed by atoms with Crippen LogP contribution in [-0.2, 0) is 0 Å². The summed E-state index contributed by atoms with van der Waals surface area (Å²) < 4.78 is 12.2. The van der Waals surface area contributed by atoms with Crippen LogP contribution in [0.4, 0.5) is 0 Å². The van der Waals surface area contributed by atoms with Crippen LogP contribution in [0.2, 0.25) is 0 Å². The number of hydrogen-bond acceptors (Lipinski definition) is 2. The normalized spacial score (nSPS) is 24.4. The first-order valence-electron chi connectivity index (χ1n) is 6.19. The van der Waals surface area contributed by atoms with Crippen molar-refractivity contribution in [2.24, 2.45) is 5.92 Å². The van der Waals surface area contributed by atoms with Gasteiger partial charge in [-0.1, -0.05) is 13.3 Å². The zero-order valence-corrected chi connectivity index (χ0v) is 12.0. The molecule has 0 saturated heterocycles. The molecule has 0 heterocycles. The van der Waals surface area contributed by atoms with E-state index in [1.165, 1.54) is 25.7 Å². The molecule has 0 aromatic heterocycles. The van der Waals surface area contributed by atoms with Crippen LogP contribution >= 0.6 is 15.9 Å². The van der Waals surface area contributed by atoms with Crippen LogP contribution in [-0.4, -0.2) is 13.2 Å². The predicted octanol–water partition coefficient (Wildman–Crippen LogP) is 4.42. The molecule has 0 aliphatic heterocycles. The second-order valence-electron chi connectivity index (χ2n) is 4.81. The molecule has 0 N–H and O–H groups in total. The number of methoxy groups -OCH3 is 1. The first-order chi connectivity index (χ1) is 8.19. The van der Waals surface area contributed by atoms with E-state index in [1.54, 1.807) is 7.11 Å². The van der Waals surface area contributed by atoms with E-state index in [9.17, 15) is 0 Å². The third-order valence-electron chi connectivity index (χ3n) is 3.32. The Kier molecular flexibility index (Phi) is 4.32. The highest BCUT2D eigenvalue weighted by molar-refractivity contribution is 9.10. The summed E-state index contributed by atoms with van der Waals surface area (Å²) in [5.74, 6) is 2.55. The van der Waals surface area contributed by atoms with E-state index in [1.807, 2.05) is 18.2 Å². The maximum atomic E-state index is 6.05. The second kappa shape index (κ2) is 5.76. The van der Waals surface area contributed by atoms with Crippen LogP contribution in [0.15, 0.2) is 22.7 Å². The molecule has 2 nitrogen and oxygen atoms in total. The van der Waals surface area contributed by atoms with Gasteiger partial charge in [0.25, 0.3) is 0 Å². The van der Waals surface area contributed by atoms with Gasteiger partial charge in [-0.25, -0.2) is 0 Å². The van der Waals surface area contributed by atoms with Gasteiger partial charge in [0, 0.05) is 0 Å². The maximum Gasteiger partial charge on any atom is 0.134 e. The lowest BCUT2D eigenvalue weighted by Gasteiger charge is -2.27. The topological polar surface area (TPSA) is 18.5 Å². The predicted molar refractivity (Wildman–Crippen MR) is 72.7 cm³/mol. The molecule has 1 aromatic rings. The van der Waals surface area contributed by atoms with Gasteiger partial charge in [0.2, 0.25) is 0 Å². The first kappa shape index (κ1) is 12.7. The van der Waals surface area contributed by atoms with Crippen LogP contribution in [0.5, 0.6) is 11.5 Å². The summed E-state index contributed by atoms with van der Waals surface area (Å²) in [6, 6.07) is 5.86. The van der Waals surface area contributed by atoms with Crippen molar-refractivity contribution >= 4 is 15.9 Å². The fourth-order valence-electron chi connectivity index (χ4n) is 2.37. The summed E-state index contributed by atoms with van der Waals surface area (Å²) >= 11 is 3.52. The van der Waals surface area contributed by atoms with Gasteiger partial charge < -0.3 is 9.47 Å². The Labute approximate surface area is 111 Å². The van der Waals surface area contributed by atoms with Gasteiger partial charge in [-0.3, -0.25) is 0 Å². The lowest BCUT2D eigenvalue weighted by Crippen LogP contribution is -2.24. The monoisotopic (exact) mass is 298 g/mol. The quantitative estimate of drug-likeness (QED) is 0.823. The molecule has 2 rings (SSSR count). The average molecular weight is 299 g/mol. The van der Waals surface area contributed by atoms with Crippen LogP contribution in [0.3, 0.4) is 0 Å². The molecule has 3 heteroatoms. The van der Waals surface area contributed by atoms with Gasteiger partial charge >= 0.3 is 0 Å². The molecule has 2 unspecified atom stereocenters. The largest absolute Gasteiger partial charge is 0.497 e. The van der Waals surface area contributed by atoms with E-state index < -0.39 is 0 Å². The molecule has 1 aliphatic rings. The van der Waals surface area contributed by atoms with Gasteiger partial charge in [0.05, 0.1) is 17.7 Å². The van der Waals surface area contributed by atoms with Gasteiger partial charge in [0.15, 0.2) is 0 Å². The zero-order valence-electron chi connectivity index (χ0n) is 10.4. The SMILES string of the molecule is COc1ccc(OC2CCCC(C)C2)c(Br)c1. The van der Waals surface area contributed by atoms with Crippen LogP contribution < -0.4 is 9.47 Å². The van der Waals surface area contributed by atoms with Crippen molar-refractivity contribution in [2.75, 3.05) is 7.11 Å². The molecular weight excluding hydrogens is 280 g/mol. The van der Waals surface area contributed by atoms with Crippen molar-refractivity contribution < 1.29 is 9.47 Å². The molecule has 0 amide bonds. The van der Waals surface area contributed by atoms with E-state index in [-0.39, 0.29) is 0 Å². The van der Waals surface area contributed by atoms with E-state index >= 15 is 0 Å². The van der Waals surface area contributed by atoms with Gasteiger partial charge in [0.1, 0.15) is 11.5 Å². The summed E-state index contributed by atoms with van der Waals surface area (Å²) in [5, 5.41) is 0. The molecule has 1 saturated carbocycles. The second-order valence-corrected chi connectivity index (χ2v) is 5.66. The molecule has 1 aliphatic carbocycles. The number of rotatable bonds is 3. The van der Waals surface area contributed by atoms with Crippen LogP contribution in [0.25, 0.3) is 0 Å². The Hall–Kier alpha value is -0.700. The minimum absolute atomic E-state index is 0.364. The summed E-state index contributed by atoms with van der Waals surface area (Å²) in [6.45, 7) is 2.30. The summed E-state index contributed by atoms with van der Waals surface area (Å²) in [4.78, 5) is 0. The first-order valence-corrected chi connectivity index (χ1v) is 6.98. The fourth-order valence-corrected chi connectivity index (χ4v) is 2.82. The van der Waals surface area contributed by atoms with E-state index in [0.29, 0.717) is 6.10 Å². The van der Waals surface area contributed by atoms with Crippen molar-refractivity contribution in [3.63, 3.8) is 0 Å². The molecule has 0 bridgehead atoms. The molecule has 1 fully saturated rings. The van der Waals surface area contributed by atoms with Crippen LogP contribution in [0, 0.1) is 5.92 Å². The Morgan fingerprint density at radius 2 is 2.12 bits per heavy atom. The minimum atomic E-state index is 0.364. The highest BCUT2D eigenvalue weighted by Crippen LogP contribution is 2.33. The van der Waals surface area contributed by atoms with Crippen molar-refractivity contribution in [1.29, 1.82) is 0 Å². The molecule has 2 atom stereocenters. The Morgan fingerprint density at radius 1 is 1.29 bits per heavy atom. The Morgan fingerprint density at radius 3 is 2.76 bits per heavy atom.